The van der Waals surface area contributed by atoms with Gasteiger partial charge in [-0.3, -0.25) is 4.90 Å². The zero-order valence-corrected chi connectivity index (χ0v) is 11.4. The van der Waals surface area contributed by atoms with Crippen LogP contribution in [0.3, 0.4) is 0 Å². The average molecular weight is 236 g/mol. The highest BCUT2D eigenvalue weighted by atomic mass is 32.2. The van der Waals surface area contributed by atoms with Crippen LogP contribution in [0.1, 0.15) is 34.6 Å². The van der Waals surface area contributed by atoms with Crippen LogP contribution in [-0.2, 0) is 10.0 Å². The summed E-state index contributed by atoms with van der Waals surface area (Å²) >= 11 is 0. The third-order valence-corrected chi connectivity index (χ3v) is 3.06. The van der Waals surface area contributed by atoms with Crippen molar-refractivity contribution in [2.45, 2.75) is 52.7 Å². The summed E-state index contributed by atoms with van der Waals surface area (Å²) in [5, 5.41) is 0. The van der Waals surface area contributed by atoms with E-state index >= 15 is 0 Å². The van der Waals surface area contributed by atoms with E-state index in [0.717, 1.165) is 6.54 Å². The van der Waals surface area contributed by atoms with Gasteiger partial charge in [0.1, 0.15) is 0 Å². The predicted molar refractivity (Wildman–Crippen MR) is 64.4 cm³/mol. The first-order chi connectivity index (χ1) is 6.63. The molecule has 0 rings (SSSR count). The van der Waals surface area contributed by atoms with Crippen molar-refractivity contribution in [2.75, 3.05) is 12.8 Å². The summed E-state index contributed by atoms with van der Waals surface area (Å²) in [6.07, 6.45) is 1.19. The van der Waals surface area contributed by atoms with E-state index in [1.807, 2.05) is 6.92 Å². The second-order valence-electron chi connectivity index (χ2n) is 4.68. The molecule has 0 spiro atoms. The second-order valence-corrected chi connectivity index (χ2v) is 6.46. The molecule has 92 valence electrons. The lowest BCUT2D eigenvalue weighted by Gasteiger charge is -2.32. The van der Waals surface area contributed by atoms with Crippen molar-refractivity contribution in [1.82, 2.24) is 9.62 Å². The topological polar surface area (TPSA) is 49.4 Å². The molecule has 0 amide bonds. The van der Waals surface area contributed by atoms with Crippen LogP contribution < -0.4 is 4.72 Å². The molecule has 0 saturated carbocycles. The SMILES string of the molecule is CC(C)N(C[C@H](C)NS(C)(=O)=O)C(C)C. The minimum atomic E-state index is -3.10. The van der Waals surface area contributed by atoms with E-state index in [0.29, 0.717) is 12.1 Å². The first kappa shape index (κ1) is 14.9. The molecule has 0 radical (unpaired) electrons. The van der Waals surface area contributed by atoms with E-state index in [1.165, 1.54) is 6.26 Å². The molecule has 0 unspecified atom stereocenters. The molecule has 0 aliphatic carbocycles. The maximum Gasteiger partial charge on any atom is 0.208 e. The molecule has 0 aromatic carbocycles. The summed E-state index contributed by atoms with van der Waals surface area (Å²) in [6, 6.07) is 0.799. The van der Waals surface area contributed by atoms with Gasteiger partial charge in [-0.15, -0.1) is 0 Å². The van der Waals surface area contributed by atoms with E-state index in [2.05, 4.69) is 37.3 Å². The maximum absolute atomic E-state index is 11.0. The standard InChI is InChI=1S/C10H24N2O2S/c1-8(2)12(9(3)4)7-10(5)11-15(6,13)14/h8-11H,7H2,1-6H3/t10-/m0/s1. The number of nitrogens with zero attached hydrogens (tertiary/aromatic N) is 1. The molecule has 15 heavy (non-hydrogen) atoms. The lowest BCUT2D eigenvalue weighted by Crippen LogP contribution is -2.46. The average Bonchev–Trinajstić information content (AvgIpc) is 1.95. The minimum absolute atomic E-state index is 0.0511. The van der Waals surface area contributed by atoms with Gasteiger partial charge in [0.2, 0.25) is 10.0 Å². The van der Waals surface area contributed by atoms with Gasteiger partial charge in [-0.2, -0.15) is 0 Å². The summed E-state index contributed by atoms with van der Waals surface area (Å²) in [5.41, 5.74) is 0. The fourth-order valence-corrected chi connectivity index (χ4v) is 2.54. The zero-order chi connectivity index (χ0) is 12.2. The van der Waals surface area contributed by atoms with Crippen molar-refractivity contribution >= 4 is 10.0 Å². The maximum atomic E-state index is 11.0. The normalized spacial score (nSPS) is 15.3. The van der Waals surface area contributed by atoms with Gasteiger partial charge in [0.15, 0.2) is 0 Å². The molecular formula is C10H24N2O2S. The third kappa shape index (κ3) is 6.87. The van der Waals surface area contributed by atoms with Crippen molar-refractivity contribution in [2.24, 2.45) is 0 Å². The van der Waals surface area contributed by atoms with Crippen molar-refractivity contribution in [3.8, 4) is 0 Å². The summed E-state index contributed by atoms with van der Waals surface area (Å²) in [5.74, 6) is 0. The predicted octanol–water partition coefficient (Wildman–Crippen LogP) is 1.04. The Hall–Kier alpha value is -0.130. The van der Waals surface area contributed by atoms with Gasteiger partial charge in [0.25, 0.3) is 0 Å². The van der Waals surface area contributed by atoms with Gasteiger partial charge < -0.3 is 0 Å². The van der Waals surface area contributed by atoms with Crippen molar-refractivity contribution in [3.63, 3.8) is 0 Å². The lowest BCUT2D eigenvalue weighted by molar-refractivity contribution is 0.164. The second kappa shape index (κ2) is 5.82. The first-order valence-electron chi connectivity index (χ1n) is 5.36. The molecule has 0 heterocycles. The van der Waals surface area contributed by atoms with Crippen molar-refractivity contribution < 1.29 is 8.42 Å². The molecule has 4 nitrogen and oxygen atoms in total. The number of hydrogen-bond donors (Lipinski definition) is 1. The van der Waals surface area contributed by atoms with Crippen molar-refractivity contribution in [3.05, 3.63) is 0 Å². The van der Waals surface area contributed by atoms with Crippen LogP contribution in [0.2, 0.25) is 0 Å². The summed E-state index contributed by atoms with van der Waals surface area (Å²) in [7, 11) is -3.10. The molecule has 0 bridgehead atoms. The van der Waals surface area contributed by atoms with Gasteiger partial charge in [0, 0.05) is 24.7 Å². The van der Waals surface area contributed by atoms with Crippen LogP contribution in [0.15, 0.2) is 0 Å². The van der Waals surface area contributed by atoms with Gasteiger partial charge in [-0.1, -0.05) is 0 Å². The molecule has 5 heteroatoms. The Bertz CT molecular complexity index is 265. The van der Waals surface area contributed by atoms with E-state index < -0.39 is 10.0 Å². The smallest absolute Gasteiger partial charge is 0.208 e. The van der Waals surface area contributed by atoms with Crippen LogP contribution >= 0.6 is 0 Å². The molecule has 0 aromatic rings. The van der Waals surface area contributed by atoms with Crippen LogP contribution in [0.25, 0.3) is 0 Å². The number of rotatable bonds is 6. The largest absolute Gasteiger partial charge is 0.297 e. The molecule has 1 N–H and O–H groups in total. The van der Waals surface area contributed by atoms with Gasteiger partial charge in [-0.05, 0) is 34.6 Å². The lowest BCUT2D eigenvalue weighted by atomic mass is 10.2. The van der Waals surface area contributed by atoms with E-state index in [9.17, 15) is 8.42 Å². The molecule has 0 saturated heterocycles. The van der Waals surface area contributed by atoms with Gasteiger partial charge >= 0.3 is 0 Å². The first-order valence-corrected chi connectivity index (χ1v) is 7.25. The number of hydrogen-bond acceptors (Lipinski definition) is 3. The summed E-state index contributed by atoms with van der Waals surface area (Å²) in [6.45, 7) is 11.1. The minimum Gasteiger partial charge on any atom is -0.297 e. The Morgan fingerprint density at radius 2 is 1.47 bits per heavy atom. The Labute approximate surface area is 94.1 Å². The van der Waals surface area contributed by atoms with Crippen molar-refractivity contribution in [1.29, 1.82) is 0 Å². The van der Waals surface area contributed by atoms with Crippen LogP contribution in [-0.4, -0.2) is 44.2 Å². The summed E-state index contributed by atoms with van der Waals surface area (Å²) in [4.78, 5) is 2.27. The van der Waals surface area contributed by atoms with Gasteiger partial charge in [0.05, 0.1) is 6.26 Å². The Morgan fingerprint density at radius 1 is 1.07 bits per heavy atom. The number of nitrogens with one attached hydrogen (secondary N) is 1. The molecule has 0 fully saturated rings. The van der Waals surface area contributed by atoms with Crippen LogP contribution in [0.5, 0.6) is 0 Å². The Balaban J connectivity index is 4.30. The van der Waals surface area contributed by atoms with Crippen LogP contribution in [0, 0.1) is 0 Å². The van der Waals surface area contributed by atoms with E-state index in [1.54, 1.807) is 0 Å². The highest BCUT2D eigenvalue weighted by Crippen LogP contribution is 2.06. The molecule has 1 atom stereocenters. The highest BCUT2D eigenvalue weighted by Gasteiger charge is 2.18. The van der Waals surface area contributed by atoms with E-state index in [4.69, 9.17) is 0 Å². The fourth-order valence-electron chi connectivity index (χ4n) is 1.74. The Morgan fingerprint density at radius 3 is 1.73 bits per heavy atom. The molecule has 0 aliphatic heterocycles. The third-order valence-electron chi connectivity index (χ3n) is 2.23. The molecular weight excluding hydrogens is 212 g/mol. The quantitative estimate of drug-likeness (QED) is 0.750. The van der Waals surface area contributed by atoms with Crippen LogP contribution in [0.4, 0.5) is 0 Å². The molecule has 0 aromatic heterocycles. The monoisotopic (exact) mass is 236 g/mol. The Kier molecular flexibility index (Phi) is 5.77. The highest BCUT2D eigenvalue weighted by molar-refractivity contribution is 7.88. The van der Waals surface area contributed by atoms with Gasteiger partial charge in [-0.25, -0.2) is 13.1 Å². The summed E-state index contributed by atoms with van der Waals surface area (Å²) < 4.78 is 24.7. The number of sulfonamides is 1. The van der Waals surface area contributed by atoms with E-state index in [-0.39, 0.29) is 6.04 Å². The fraction of sp³-hybridized carbons (Fsp3) is 1.00. The zero-order valence-electron chi connectivity index (χ0n) is 10.6. The molecule has 0 aliphatic rings.